The van der Waals surface area contributed by atoms with Crippen molar-refractivity contribution in [1.82, 2.24) is 4.90 Å². The van der Waals surface area contributed by atoms with Gasteiger partial charge in [0.15, 0.2) is 0 Å². The standard InChI is InChI=1S/C11H16BrNS/c1-9-2-4-13(7-11(9)12)6-10-3-5-14-8-10/h3,5,8-9,11H,2,4,6-7H2,1H3. The zero-order chi connectivity index (χ0) is 9.97. The molecule has 2 rings (SSSR count). The highest BCUT2D eigenvalue weighted by Crippen LogP contribution is 2.24. The van der Waals surface area contributed by atoms with E-state index in [1.165, 1.54) is 25.1 Å². The largest absolute Gasteiger partial charge is 0.298 e. The molecule has 2 heterocycles. The lowest BCUT2D eigenvalue weighted by Gasteiger charge is -2.33. The van der Waals surface area contributed by atoms with Crippen LogP contribution in [0.25, 0.3) is 0 Å². The molecule has 3 heteroatoms. The second kappa shape index (κ2) is 4.77. The molecule has 0 saturated carbocycles. The van der Waals surface area contributed by atoms with Gasteiger partial charge in [0.1, 0.15) is 0 Å². The van der Waals surface area contributed by atoms with Gasteiger partial charge in [0, 0.05) is 17.9 Å². The van der Waals surface area contributed by atoms with E-state index in [0.29, 0.717) is 4.83 Å². The third kappa shape index (κ3) is 2.59. The van der Waals surface area contributed by atoms with Gasteiger partial charge in [0.2, 0.25) is 0 Å². The Morgan fingerprint density at radius 3 is 3.14 bits per heavy atom. The summed E-state index contributed by atoms with van der Waals surface area (Å²) in [7, 11) is 0. The summed E-state index contributed by atoms with van der Waals surface area (Å²) in [5, 5.41) is 4.41. The van der Waals surface area contributed by atoms with Gasteiger partial charge in [0.05, 0.1) is 0 Å². The average Bonchev–Trinajstić information content (AvgIpc) is 2.64. The Morgan fingerprint density at radius 1 is 1.64 bits per heavy atom. The SMILES string of the molecule is CC1CCN(Cc2ccsc2)CC1Br. The van der Waals surface area contributed by atoms with Crippen molar-refractivity contribution in [3.8, 4) is 0 Å². The van der Waals surface area contributed by atoms with Crippen molar-refractivity contribution in [2.24, 2.45) is 5.92 Å². The minimum absolute atomic E-state index is 0.676. The summed E-state index contributed by atoms with van der Waals surface area (Å²) in [4.78, 5) is 3.22. The van der Waals surface area contributed by atoms with E-state index < -0.39 is 0 Å². The van der Waals surface area contributed by atoms with E-state index in [0.717, 1.165) is 12.5 Å². The van der Waals surface area contributed by atoms with Gasteiger partial charge in [0.25, 0.3) is 0 Å². The van der Waals surface area contributed by atoms with E-state index in [-0.39, 0.29) is 0 Å². The number of hydrogen-bond donors (Lipinski definition) is 0. The molecule has 0 bridgehead atoms. The summed E-state index contributed by atoms with van der Waals surface area (Å²) in [6.45, 7) is 5.90. The van der Waals surface area contributed by atoms with E-state index in [9.17, 15) is 0 Å². The highest BCUT2D eigenvalue weighted by atomic mass is 79.9. The van der Waals surface area contributed by atoms with Crippen LogP contribution in [0.3, 0.4) is 0 Å². The van der Waals surface area contributed by atoms with Crippen LogP contribution in [-0.4, -0.2) is 22.8 Å². The van der Waals surface area contributed by atoms with Gasteiger partial charge in [-0.1, -0.05) is 22.9 Å². The van der Waals surface area contributed by atoms with E-state index in [4.69, 9.17) is 0 Å². The van der Waals surface area contributed by atoms with Crippen LogP contribution in [0.1, 0.15) is 18.9 Å². The highest BCUT2D eigenvalue weighted by Gasteiger charge is 2.23. The van der Waals surface area contributed by atoms with Crippen LogP contribution in [-0.2, 0) is 6.54 Å². The summed E-state index contributed by atoms with van der Waals surface area (Å²) < 4.78 is 0. The molecule has 0 spiro atoms. The fourth-order valence-electron chi connectivity index (χ4n) is 1.87. The molecule has 14 heavy (non-hydrogen) atoms. The van der Waals surface area contributed by atoms with Crippen LogP contribution in [0.2, 0.25) is 0 Å². The third-order valence-corrected chi connectivity index (χ3v) is 4.86. The van der Waals surface area contributed by atoms with Crippen molar-refractivity contribution >= 4 is 27.3 Å². The molecule has 1 nitrogen and oxygen atoms in total. The van der Waals surface area contributed by atoms with Crippen LogP contribution in [0.15, 0.2) is 16.8 Å². The summed E-state index contributed by atoms with van der Waals surface area (Å²) in [5.41, 5.74) is 1.46. The number of halogens is 1. The van der Waals surface area contributed by atoms with Crippen molar-refractivity contribution in [3.63, 3.8) is 0 Å². The summed E-state index contributed by atoms with van der Waals surface area (Å²) in [6, 6.07) is 2.23. The predicted octanol–water partition coefficient (Wildman–Crippen LogP) is 3.35. The smallest absolute Gasteiger partial charge is 0.0299 e. The second-order valence-electron chi connectivity index (χ2n) is 4.15. The first kappa shape index (κ1) is 10.7. The lowest BCUT2D eigenvalue weighted by atomic mass is 9.99. The third-order valence-electron chi connectivity index (χ3n) is 2.94. The molecule has 1 saturated heterocycles. The normalized spacial score (nSPS) is 29.3. The Labute approximate surface area is 98.2 Å². The first-order valence-electron chi connectivity index (χ1n) is 5.13. The molecule has 0 amide bonds. The molecule has 0 aliphatic carbocycles. The van der Waals surface area contributed by atoms with Crippen molar-refractivity contribution in [1.29, 1.82) is 0 Å². The van der Waals surface area contributed by atoms with Crippen LogP contribution in [0.4, 0.5) is 0 Å². The minimum Gasteiger partial charge on any atom is -0.298 e. The molecule has 78 valence electrons. The molecule has 0 aromatic carbocycles. The predicted molar refractivity (Wildman–Crippen MR) is 66.1 cm³/mol. The minimum atomic E-state index is 0.676. The Balaban J connectivity index is 1.88. The maximum atomic E-state index is 3.76. The Hall–Kier alpha value is 0.140. The maximum absolute atomic E-state index is 3.76. The van der Waals surface area contributed by atoms with E-state index in [1.807, 2.05) is 0 Å². The fourth-order valence-corrected chi connectivity index (χ4v) is 3.20. The summed E-state index contributed by atoms with van der Waals surface area (Å²) in [5.74, 6) is 0.828. The molecule has 2 atom stereocenters. The zero-order valence-corrected chi connectivity index (χ0v) is 10.9. The molecular weight excluding hydrogens is 258 g/mol. The average molecular weight is 274 g/mol. The lowest BCUT2D eigenvalue weighted by Crippen LogP contribution is -2.39. The van der Waals surface area contributed by atoms with Gasteiger partial charge in [-0.25, -0.2) is 0 Å². The van der Waals surface area contributed by atoms with Crippen molar-refractivity contribution in [2.75, 3.05) is 13.1 Å². The van der Waals surface area contributed by atoms with Gasteiger partial charge in [-0.05, 0) is 41.3 Å². The van der Waals surface area contributed by atoms with Crippen molar-refractivity contribution in [3.05, 3.63) is 22.4 Å². The van der Waals surface area contributed by atoms with Crippen molar-refractivity contribution in [2.45, 2.75) is 24.7 Å². The number of rotatable bonds is 2. The van der Waals surface area contributed by atoms with Crippen LogP contribution >= 0.6 is 27.3 Å². The summed E-state index contributed by atoms with van der Waals surface area (Å²) >= 11 is 5.55. The quantitative estimate of drug-likeness (QED) is 0.747. The molecule has 0 radical (unpaired) electrons. The molecule has 2 unspecified atom stereocenters. The lowest BCUT2D eigenvalue weighted by molar-refractivity contribution is 0.194. The Kier molecular flexibility index (Phi) is 3.63. The molecule has 1 fully saturated rings. The molecular formula is C11H16BrNS. The van der Waals surface area contributed by atoms with E-state index >= 15 is 0 Å². The number of alkyl halides is 1. The van der Waals surface area contributed by atoms with Gasteiger partial charge < -0.3 is 0 Å². The molecule has 0 N–H and O–H groups in total. The molecule has 1 aliphatic heterocycles. The van der Waals surface area contributed by atoms with Crippen LogP contribution < -0.4 is 0 Å². The number of piperidine rings is 1. The van der Waals surface area contributed by atoms with Crippen LogP contribution in [0.5, 0.6) is 0 Å². The first-order chi connectivity index (χ1) is 6.75. The zero-order valence-electron chi connectivity index (χ0n) is 8.45. The van der Waals surface area contributed by atoms with Gasteiger partial charge >= 0.3 is 0 Å². The van der Waals surface area contributed by atoms with E-state index in [2.05, 4.69) is 44.6 Å². The Morgan fingerprint density at radius 2 is 2.50 bits per heavy atom. The Bertz CT molecular complexity index is 273. The number of likely N-dealkylation sites (tertiary alicyclic amines) is 1. The maximum Gasteiger partial charge on any atom is 0.0299 e. The molecule has 1 aliphatic rings. The monoisotopic (exact) mass is 273 g/mol. The number of nitrogens with zero attached hydrogens (tertiary/aromatic N) is 1. The highest BCUT2D eigenvalue weighted by molar-refractivity contribution is 9.09. The van der Waals surface area contributed by atoms with Gasteiger partial charge in [-0.3, -0.25) is 4.90 Å². The van der Waals surface area contributed by atoms with Crippen LogP contribution in [0, 0.1) is 5.92 Å². The fraction of sp³-hybridized carbons (Fsp3) is 0.636. The van der Waals surface area contributed by atoms with Gasteiger partial charge in [-0.2, -0.15) is 11.3 Å². The number of hydrogen-bond acceptors (Lipinski definition) is 2. The topological polar surface area (TPSA) is 3.24 Å². The van der Waals surface area contributed by atoms with Crippen molar-refractivity contribution < 1.29 is 0 Å². The first-order valence-corrected chi connectivity index (χ1v) is 6.99. The number of thiophene rings is 1. The second-order valence-corrected chi connectivity index (χ2v) is 6.10. The molecule has 1 aromatic rings. The van der Waals surface area contributed by atoms with E-state index in [1.54, 1.807) is 11.3 Å². The molecule has 1 aromatic heterocycles. The summed E-state index contributed by atoms with van der Waals surface area (Å²) in [6.07, 6.45) is 1.32. The van der Waals surface area contributed by atoms with Gasteiger partial charge in [-0.15, -0.1) is 0 Å².